The molecule has 2 amide bonds. The summed E-state index contributed by atoms with van der Waals surface area (Å²) in [6.45, 7) is 0.325. The molecule has 0 radical (unpaired) electrons. The number of amides is 2. The monoisotopic (exact) mass is 439 g/mol. The second-order valence-corrected chi connectivity index (χ2v) is 6.80. The van der Waals surface area contributed by atoms with Gasteiger partial charge in [0.05, 0.1) is 11.3 Å². The molecule has 0 heterocycles. The van der Waals surface area contributed by atoms with Crippen LogP contribution in [0.5, 0.6) is 0 Å². The standard InChI is InChI=1S/C15H13F3N2O2.C6H11NO2/c16-15(17,18)12-3-1-2-4-13(12)20-11-7-5-10(6-8-11)9-19-14(21)22;1-9-4-6(8)7-5-2-3-5/h1-8,19-20H,9H2,(H,21,22);5H,2-4H2,1H3,(H,7,8). The first-order valence-corrected chi connectivity index (χ1v) is 9.46. The lowest BCUT2D eigenvalue weighted by atomic mass is 10.1. The van der Waals surface area contributed by atoms with Gasteiger partial charge in [0.25, 0.3) is 0 Å². The molecule has 0 bridgehead atoms. The van der Waals surface area contributed by atoms with E-state index in [-0.39, 0.29) is 24.7 Å². The molecule has 4 N–H and O–H groups in total. The zero-order chi connectivity index (χ0) is 22.9. The number of alkyl halides is 3. The van der Waals surface area contributed by atoms with Gasteiger partial charge in [0.1, 0.15) is 6.61 Å². The normalized spacial score (nSPS) is 12.9. The molecule has 2 aromatic rings. The number of rotatable bonds is 7. The summed E-state index contributed by atoms with van der Waals surface area (Å²) in [6.07, 6.45) is -3.30. The quantitative estimate of drug-likeness (QED) is 0.520. The van der Waals surface area contributed by atoms with Crippen molar-refractivity contribution in [1.29, 1.82) is 0 Å². The number of methoxy groups -OCH3 is 1. The zero-order valence-electron chi connectivity index (χ0n) is 16.8. The highest BCUT2D eigenvalue weighted by molar-refractivity contribution is 5.77. The summed E-state index contributed by atoms with van der Waals surface area (Å²) in [4.78, 5) is 21.0. The highest BCUT2D eigenvalue weighted by Gasteiger charge is 2.33. The van der Waals surface area contributed by atoms with E-state index < -0.39 is 17.8 Å². The SMILES string of the molecule is COCC(=O)NC1CC1.O=C(O)NCc1ccc(Nc2ccccc2C(F)(F)F)cc1. The fraction of sp³-hybridized carbons (Fsp3) is 0.333. The van der Waals surface area contributed by atoms with Crippen molar-refractivity contribution >= 4 is 23.4 Å². The fourth-order valence-electron chi connectivity index (χ4n) is 2.51. The van der Waals surface area contributed by atoms with Crippen LogP contribution in [-0.2, 0) is 22.3 Å². The predicted octanol–water partition coefficient (Wildman–Crippen LogP) is 4.13. The number of nitrogens with one attached hydrogen (secondary N) is 3. The number of hydrogen-bond donors (Lipinski definition) is 4. The van der Waals surface area contributed by atoms with Crippen LogP contribution < -0.4 is 16.0 Å². The summed E-state index contributed by atoms with van der Waals surface area (Å²) >= 11 is 0. The Morgan fingerprint density at radius 2 is 1.74 bits per heavy atom. The average molecular weight is 439 g/mol. The van der Waals surface area contributed by atoms with Gasteiger partial charge in [0, 0.05) is 25.4 Å². The van der Waals surface area contributed by atoms with E-state index in [1.807, 2.05) is 0 Å². The molecule has 1 aliphatic carbocycles. The first kappa shape index (κ1) is 24.0. The van der Waals surface area contributed by atoms with Crippen molar-refractivity contribution in [3.63, 3.8) is 0 Å². The smallest absolute Gasteiger partial charge is 0.418 e. The predicted molar refractivity (Wildman–Crippen MR) is 109 cm³/mol. The van der Waals surface area contributed by atoms with E-state index in [4.69, 9.17) is 5.11 Å². The van der Waals surface area contributed by atoms with Gasteiger partial charge < -0.3 is 25.8 Å². The molecule has 0 aromatic heterocycles. The van der Waals surface area contributed by atoms with Crippen LogP contribution in [-0.4, -0.2) is 36.9 Å². The molecule has 31 heavy (non-hydrogen) atoms. The Hall–Kier alpha value is -3.27. The van der Waals surface area contributed by atoms with Crippen molar-refractivity contribution in [3.05, 3.63) is 59.7 Å². The Labute approximate surface area is 177 Å². The molecule has 10 heteroatoms. The van der Waals surface area contributed by atoms with E-state index in [1.54, 1.807) is 24.3 Å². The maximum Gasteiger partial charge on any atom is 0.418 e. The molecule has 0 atom stereocenters. The third-order valence-electron chi connectivity index (χ3n) is 4.13. The summed E-state index contributed by atoms with van der Waals surface area (Å²) in [5.74, 6) is 0.000000000000000222. The molecular formula is C21H24F3N3O4. The molecule has 168 valence electrons. The Morgan fingerprint density at radius 3 is 2.29 bits per heavy atom. The van der Waals surface area contributed by atoms with E-state index in [0.29, 0.717) is 17.3 Å². The van der Waals surface area contributed by atoms with Crippen LogP contribution in [0.1, 0.15) is 24.0 Å². The number of hydrogen-bond acceptors (Lipinski definition) is 4. The zero-order valence-corrected chi connectivity index (χ0v) is 16.8. The Bertz CT molecular complexity index is 869. The van der Waals surface area contributed by atoms with Crippen LogP contribution in [0, 0.1) is 0 Å². The number of para-hydroxylation sites is 1. The molecular weight excluding hydrogens is 415 g/mol. The number of carbonyl (C=O) groups is 2. The van der Waals surface area contributed by atoms with Crippen molar-refractivity contribution in [2.24, 2.45) is 0 Å². The van der Waals surface area contributed by atoms with Crippen molar-refractivity contribution < 1.29 is 32.6 Å². The molecule has 0 unspecified atom stereocenters. The van der Waals surface area contributed by atoms with Gasteiger partial charge in [-0.25, -0.2) is 4.79 Å². The van der Waals surface area contributed by atoms with Crippen LogP contribution in [0.4, 0.5) is 29.3 Å². The highest BCUT2D eigenvalue weighted by Crippen LogP contribution is 2.35. The summed E-state index contributed by atoms with van der Waals surface area (Å²) < 4.78 is 43.3. The van der Waals surface area contributed by atoms with Crippen molar-refractivity contribution in [2.45, 2.75) is 31.6 Å². The van der Waals surface area contributed by atoms with Crippen LogP contribution in [0.25, 0.3) is 0 Å². The van der Waals surface area contributed by atoms with Crippen LogP contribution >= 0.6 is 0 Å². The number of anilines is 2. The van der Waals surface area contributed by atoms with Gasteiger partial charge in [-0.05, 0) is 42.7 Å². The highest BCUT2D eigenvalue weighted by atomic mass is 19.4. The minimum absolute atomic E-state index is 0.000000000000000222. The first-order chi connectivity index (χ1) is 14.7. The molecule has 1 saturated carbocycles. The Morgan fingerprint density at radius 1 is 1.10 bits per heavy atom. The summed E-state index contributed by atoms with van der Waals surface area (Å²) in [6, 6.07) is 12.1. The van der Waals surface area contributed by atoms with E-state index in [0.717, 1.165) is 18.9 Å². The van der Waals surface area contributed by atoms with Gasteiger partial charge in [-0.3, -0.25) is 4.79 Å². The number of ether oxygens (including phenoxy) is 1. The summed E-state index contributed by atoms with van der Waals surface area (Å²) in [5, 5.41) is 16.2. The molecule has 0 saturated heterocycles. The molecule has 2 aromatic carbocycles. The molecule has 1 fully saturated rings. The van der Waals surface area contributed by atoms with Crippen LogP contribution in [0.3, 0.4) is 0 Å². The van der Waals surface area contributed by atoms with E-state index in [1.165, 1.54) is 25.3 Å². The van der Waals surface area contributed by atoms with Crippen molar-refractivity contribution in [1.82, 2.24) is 10.6 Å². The Balaban J connectivity index is 0.000000316. The fourth-order valence-corrected chi connectivity index (χ4v) is 2.51. The number of carboxylic acid groups (broad SMARTS) is 1. The lowest BCUT2D eigenvalue weighted by molar-refractivity contribution is -0.137. The van der Waals surface area contributed by atoms with Crippen LogP contribution in [0.15, 0.2) is 48.5 Å². The molecule has 1 aliphatic rings. The third kappa shape index (κ3) is 8.95. The minimum atomic E-state index is -4.44. The first-order valence-electron chi connectivity index (χ1n) is 9.46. The molecule has 3 rings (SSSR count). The maximum atomic E-state index is 12.9. The second kappa shape index (κ2) is 11.2. The van der Waals surface area contributed by atoms with E-state index in [9.17, 15) is 22.8 Å². The van der Waals surface area contributed by atoms with Gasteiger partial charge in [-0.1, -0.05) is 24.3 Å². The largest absolute Gasteiger partial charge is 0.465 e. The maximum absolute atomic E-state index is 12.9. The van der Waals surface area contributed by atoms with Gasteiger partial charge in [0.2, 0.25) is 5.91 Å². The van der Waals surface area contributed by atoms with Gasteiger partial charge in [-0.15, -0.1) is 0 Å². The van der Waals surface area contributed by atoms with Crippen molar-refractivity contribution in [2.75, 3.05) is 19.0 Å². The minimum Gasteiger partial charge on any atom is -0.465 e. The summed E-state index contributed by atoms with van der Waals surface area (Å²) in [5.41, 5.74) is 0.408. The number of benzene rings is 2. The molecule has 0 aliphatic heterocycles. The lowest BCUT2D eigenvalue weighted by Crippen LogP contribution is -2.28. The second-order valence-electron chi connectivity index (χ2n) is 6.80. The van der Waals surface area contributed by atoms with Crippen LogP contribution in [0.2, 0.25) is 0 Å². The van der Waals surface area contributed by atoms with Gasteiger partial charge >= 0.3 is 12.3 Å². The van der Waals surface area contributed by atoms with Gasteiger partial charge in [-0.2, -0.15) is 13.2 Å². The summed E-state index contributed by atoms with van der Waals surface area (Å²) in [7, 11) is 1.52. The van der Waals surface area contributed by atoms with E-state index in [2.05, 4.69) is 20.7 Å². The lowest BCUT2D eigenvalue weighted by Gasteiger charge is -2.14. The number of carbonyl (C=O) groups excluding carboxylic acids is 1. The van der Waals surface area contributed by atoms with Gasteiger partial charge in [0.15, 0.2) is 0 Å². The molecule has 0 spiro atoms. The average Bonchev–Trinajstić information content (AvgIpc) is 3.51. The van der Waals surface area contributed by atoms with E-state index >= 15 is 0 Å². The third-order valence-corrected chi connectivity index (χ3v) is 4.13. The topological polar surface area (TPSA) is 99.7 Å². The number of halogens is 3. The van der Waals surface area contributed by atoms with Crippen molar-refractivity contribution in [3.8, 4) is 0 Å². The Kier molecular flexibility index (Phi) is 8.68. The molecule has 7 nitrogen and oxygen atoms in total.